The summed E-state index contributed by atoms with van der Waals surface area (Å²) < 4.78 is 10.4. The van der Waals surface area contributed by atoms with Gasteiger partial charge in [0.15, 0.2) is 6.10 Å². The van der Waals surface area contributed by atoms with Crippen LogP contribution in [0, 0.1) is 6.92 Å². The number of ether oxygens (including phenoxy) is 2. The van der Waals surface area contributed by atoms with Gasteiger partial charge in [-0.25, -0.2) is 4.79 Å². The first-order chi connectivity index (χ1) is 10.1. The summed E-state index contributed by atoms with van der Waals surface area (Å²) in [5, 5.41) is 0.928. The quantitative estimate of drug-likeness (QED) is 0.877. The van der Waals surface area contributed by atoms with Crippen molar-refractivity contribution in [1.82, 2.24) is 4.98 Å². The summed E-state index contributed by atoms with van der Waals surface area (Å²) in [6.07, 6.45) is 1.08. The number of hydrogen-bond donors (Lipinski definition) is 1. The average Bonchev–Trinajstić information content (AvgIpc) is 2.99. The second kappa shape index (κ2) is 5.69. The molecule has 2 aromatic rings. The molecule has 5 heteroatoms. The first-order valence-electron chi connectivity index (χ1n) is 7.04. The summed E-state index contributed by atoms with van der Waals surface area (Å²) in [6.45, 7) is 2.55. The van der Waals surface area contributed by atoms with Crippen LogP contribution in [0.3, 0.4) is 0 Å². The number of H-pyrrole nitrogens is 1. The Balaban J connectivity index is 1.78. The molecule has 1 aromatic heterocycles. The normalized spacial score (nSPS) is 18.0. The fraction of sp³-hybridized carbons (Fsp3) is 0.375. The van der Waals surface area contributed by atoms with E-state index in [1.54, 1.807) is 6.07 Å². The first-order valence-corrected chi connectivity index (χ1v) is 7.04. The molecule has 0 bridgehead atoms. The van der Waals surface area contributed by atoms with Crippen LogP contribution in [0.15, 0.2) is 29.1 Å². The number of carbonyl (C=O) groups is 1. The molecule has 1 aromatic carbocycles. The average molecular weight is 287 g/mol. The molecule has 0 unspecified atom stereocenters. The minimum atomic E-state index is -0.480. The predicted molar refractivity (Wildman–Crippen MR) is 78.1 cm³/mol. The van der Waals surface area contributed by atoms with Gasteiger partial charge in [-0.15, -0.1) is 0 Å². The van der Waals surface area contributed by atoms with Gasteiger partial charge in [0.1, 0.15) is 6.61 Å². The Morgan fingerprint density at radius 3 is 3.05 bits per heavy atom. The SMILES string of the molecule is Cc1ccc2[nH]c(=O)c(COC(=O)[C@@H]3CCCO3)cc2c1. The van der Waals surface area contributed by atoms with Crippen molar-refractivity contribution in [3.63, 3.8) is 0 Å². The van der Waals surface area contributed by atoms with Crippen molar-refractivity contribution in [3.05, 3.63) is 45.7 Å². The zero-order valence-electron chi connectivity index (χ0n) is 11.8. The fourth-order valence-electron chi connectivity index (χ4n) is 2.48. The molecule has 1 atom stereocenters. The highest BCUT2D eigenvalue weighted by Gasteiger charge is 2.25. The number of hydrogen-bond acceptors (Lipinski definition) is 4. The third kappa shape index (κ3) is 2.97. The molecule has 1 N–H and O–H groups in total. The Kier molecular flexibility index (Phi) is 3.75. The highest BCUT2D eigenvalue weighted by molar-refractivity contribution is 5.79. The lowest BCUT2D eigenvalue weighted by molar-refractivity contribution is -0.155. The predicted octanol–water partition coefficient (Wildman–Crippen LogP) is 2.06. The maximum Gasteiger partial charge on any atom is 0.335 e. The largest absolute Gasteiger partial charge is 0.459 e. The molecule has 1 aliphatic heterocycles. The van der Waals surface area contributed by atoms with Gasteiger partial charge in [-0.1, -0.05) is 11.6 Å². The molecule has 0 aliphatic carbocycles. The highest BCUT2D eigenvalue weighted by atomic mass is 16.6. The third-order valence-corrected chi connectivity index (χ3v) is 3.64. The smallest absolute Gasteiger partial charge is 0.335 e. The van der Waals surface area contributed by atoms with Crippen molar-refractivity contribution in [2.75, 3.05) is 6.61 Å². The van der Waals surface area contributed by atoms with Crippen molar-refractivity contribution < 1.29 is 14.3 Å². The van der Waals surface area contributed by atoms with Gasteiger partial charge in [-0.2, -0.15) is 0 Å². The fourth-order valence-corrected chi connectivity index (χ4v) is 2.48. The van der Waals surface area contributed by atoms with Crippen LogP contribution in [0.2, 0.25) is 0 Å². The van der Waals surface area contributed by atoms with E-state index in [0.29, 0.717) is 18.6 Å². The lowest BCUT2D eigenvalue weighted by Crippen LogP contribution is -2.23. The number of aromatic amines is 1. The number of rotatable bonds is 3. The molecule has 0 spiro atoms. The summed E-state index contributed by atoms with van der Waals surface area (Å²) in [5.41, 5.74) is 2.10. The van der Waals surface area contributed by atoms with Gasteiger partial charge in [-0.3, -0.25) is 4.79 Å². The summed E-state index contributed by atoms with van der Waals surface area (Å²) >= 11 is 0. The zero-order valence-corrected chi connectivity index (χ0v) is 11.8. The number of benzene rings is 1. The minimum Gasteiger partial charge on any atom is -0.459 e. The summed E-state index contributed by atoms with van der Waals surface area (Å²) in [4.78, 5) is 26.6. The maximum atomic E-state index is 12.0. The second-order valence-corrected chi connectivity index (χ2v) is 5.32. The van der Waals surface area contributed by atoms with Gasteiger partial charge in [0.2, 0.25) is 0 Å². The van der Waals surface area contributed by atoms with E-state index in [0.717, 1.165) is 22.9 Å². The minimum absolute atomic E-state index is 0.0299. The van der Waals surface area contributed by atoms with E-state index < -0.39 is 12.1 Å². The van der Waals surface area contributed by atoms with Crippen LogP contribution in [-0.2, 0) is 20.9 Å². The highest BCUT2D eigenvalue weighted by Crippen LogP contribution is 2.16. The van der Waals surface area contributed by atoms with E-state index in [1.165, 1.54) is 0 Å². The number of aromatic nitrogens is 1. The topological polar surface area (TPSA) is 68.4 Å². The van der Waals surface area contributed by atoms with Gasteiger partial charge < -0.3 is 14.5 Å². The van der Waals surface area contributed by atoms with Crippen molar-refractivity contribution in [1.29, 1.82) is 0 Å². The number of pyridine rings is 1. The molecule has 1 fully saturated rings. The number of aryl methyl sites for hydroxylation is 1. The van der Waals surface area contributed by atoms with Crippen LogP contribution in [0.25, 0.3) is 10.9 Å². The molecule has 5 nitrogen and oxygen atoms in total. The van der Waals surface area contributed by atoms with Crippen molar-refractivity contribution in [2.45, 2.75) is 32.5 Å². The first kappa shape index (κ1) is 13.8. The lowest BCUT2D eigenvalue weighted by atomic mass is 10.1. The molecule has 1 saturated heterocycles. The molecular formula is C16H17NO4. The van der Waals surface area contributed by atoms with Crippen molar-refractivity contribution in [2.24, 2.45) is 0 Å². The van der Waals surface area contributed by atoms with Gasteiger partial charge >= 0.3 is 5.97 Å². The molecule has 0 amide bonds. The van der Waals surface area contributed by atoms with Crippen molar-refractivity contribution >= 4 is 16.9 Å². The molecular weight excluding hydrogens is 270 g/mol. The standard InChI is InChI=1S/C16H17NO4/c1-10-4-5-13-11(7-10)8-12(15(18)17-13)9-21-16(19)14-3-2-6-20-14/h4-5,7-8,14H,2-3,6,9H2,1H3,(H,17,18)/t14-/m0/s1. The number of carbonyl (C=O) groups excluding carboxylic acids is 1. The Bertz CT molecular complexity index is 729. The number of fused-ring (bicyclic) bond motifs is 1. The second-order valence-electron chi connectivity index (χ2n) is 5.32. The van der Waals surface area contributed by atoms with Gasteiger partial charge in [-0.05, 0) is 43.4 Å². The van der Waals surface area contributed by atoms with Crippen LogP contribution in [-0.4, -0.2) is 23.7 Å². The lowest BCUT2D eigenvalue weighted by Gasteiger charge is -2.10. The van der Waals surface area contributed by atoms with Gasteiger partial charge in [0.05, 0.1) is 5.56 Å². The summed E-state index contributed by atoms with van der Waals surface area (Å²) in [5.74, 6) is -0.392. The third-order valence-electron chi connectivity index (χ3n) is 3.64. The Hall–Kier alpha value is -2.14. The summed E-state index contributed by atoms with van der Waals surface area (Å²) in [7, 11) is 0. The van der Waals surface area contributed by atoms with E-state index in [4.69, 9.17) is 9.47 Å². The van der Waals surface area contributed by atoms with Crippen molar-refractivity contribution in [3.8, 4) is 0 Å². The number of esters is 1. The maximum absolute atomic E-state index is 12.0. The van der Waals surface area contributed by atoms with E-state index in [1.807, 2.05) is 25.1 Å². The van der Waals surface area contributed by atoms with E-state index in [9.17, 15) is 9.59 Å². The zero-order chi connectivity index (χ0) is 14.8. The molecule has 0 radical (unpaired) electrons. The molecule has 1 aliphatic rings. The monoisotopic (exact) mass is 287 g/mol. The molecule has 110 valence electrons. The van der Waals surface area contributed by atoms with E-state index >= 15 is 0 Å². The van der Waals surface area contributed by atoms with Crippen LogP contribution in [0.5, 0.6) is 0 Å². The van der Waals surface area contributed by atoms with Crippen LogP contribution >= 0.6 is 0 Å². The van der Waals surface area contributed by atoms with Gasteiger partial charge in [0, 0.05) is 12.1 Å². The van der Waals surface area contributed by atoms with Crippen LogP contribution in [0.4, 0.5) is 0 Å². The summed E-state index contributed by atoms with van der Waals surface area (Å²) in [6, 6.07) is 7.56. The Morgan fingerprint density at radius 1 is 1.43 bits per heavy atom. The van der Waals surface area contributed by atoms with E-state index in [-0.39, 0.29) is 12.2 Å². The molecule has 3 rings (SSSR count). The molecule has 21 heavy (non-hydrogen) atoms. The Labute approximate surface area is 121 Å². The van der Waals surface area contributed by atoms with E-state index in [2.05, 4.69) is 4.98 Å². The molecule has 0 saturated carbocycles. The Morgan fingerprint density at radius 2 is 2.29 bits per heavy atom. The molecule has 2 heterocycles. The number of nitrogens with one attached hydrogen (secondary N) is 1. The van der Waals surface area contributed by atoms with Crippen LogP contribution < -0.4 is 5.56 Å². The van der Waals surface area contributed by atoms with Crippen LogP contribution in [0.1, 0.15) is 24.0 Å². The van der Waals surface area contributed by atoms with Gasteiger partial charge in [0.25, 0.3) is 5.56 Å².